The molecule has 1 heterocycles. The molecule has 0 spiro atoms. The molecule has 31 heavy (non-hydrogen) atoms. The van der Waals surface area contributed by atoms with E-state index >= 15 is 0 Å². The number of fused-ring (bicyclic) bond motifs is 1. The van der Waals surface area contributed by atoms with E-state index in [0.717, 1.165) is 10.5 Å². The van der Waals surface area contributed by atoms with Crippen molar-refractivity contribution in [3.05, 3.63) is 99.0 Å². The molecule has 0 saturated carbocycles. The molecule has 6 nitrogen and oxygen atoms in total. The first-order valence-electron chi connectivity index (χ1n) is 9.41. The van der Waals surface area contributed by atoms with E-state index < -0.39 is 24.4 Å². The number of anilines is 1. The maximum Gasteiger partial charge on any atom is 0.340 e. The predicted molar refractivity (Wildman–Crippen MR) is 118 cm³/mol. The number of Topliss-reactive ketones (excluding diaryl/α,β-unsaturated/α-hetero) is 1. The zero-order valence-electron chi connectivity index (χ0n) is 16.4. The summed E-state index contributed by atoms with van der Waals surface area (Å²) >= 11 is 3.30. The topological polar surface area (TPSA) is 80.8 Å². The van der Waals surface area contributed by atoms with Gasteiger partial charge in [-0.3, -0.25) is 14.4 Å². The lowest BCUT2D eigenvalue weighted by Crippen LogP contribution is -2.31. The highest BCUT2D eigenvalue weighted by Crippen LogP contribution is 2.32. The third kappa shape index (κ3) is 3.92. The van der Waals surface area contributed by atoms with Gasteiger partial charge < -0.3 is 4.74 Å². The van der Waals surface area contributed by atoms with E-state index in [9.17, 15) is 19.2 Å². The number of ether oxygens (including phenoxy) is 1. The highest BCUT2D eigenvalue weighted by atomic mass is 79.9. The van der Waals surface area contributed by atoms with Crippen molar-refractivity contribution in [1.82, 2.24) is 0 Å². The zero-order valence-corrected chi connectivity index (χ0v) is 18.0. The Morgan fingerprint density at radius 1 is 0.903 bits per heavy atom. The van der Waals surface area contributed by atoms with Gasteiger partial charge in [-0.2, -0.15) is 0 Å². The first-order valence-corrected chi connectivity index (χ1v) is 10.2. The lowest BCUT2D eigenvalue weighted by atomic mass is 10.1. The summed E-state index contributed by atoms with van der Waals surface area (Å²) in [5.41, 5.74) is 2.07. The van der Waals surface area contributed by atoms with Crippen LogP contribution >= 0.6 is 15.9 Å². The van der Waals surface area contributed by atoms with E-state index in [-0.39, 0.29) is 28.2 Å². The molecule has 0 saturated heterocycles. The summed E-state index contributed by atoms with van der Waals surface area (Å²) in [4.78, 5) is 51.7. The van der Waals surface area contributed by atoms with Crippen molar-refractivity contribution in [3.63, 3.8) is 0 Å². The Hall–Kier alpha value is -3.58. The van der Waals surface area contributed by atoms with E-state index in [1.807, 2.05) is 6.92 Å². The van der Waals surface area contributed by atoms with Crippen LogP contribution in [-0.4, -0.2) is 30.2 Å². The van der Waals surface area contributed by atoms with Gasteiger partial charge in [-0.15, -0.1) is 0 Å². The van der Waals surface area contributed by atoms with Crippen LogP contribution in [0.4, 0.5) is 5.69 Å². The molecule has 0 bridgehead atoms. The molecule has 2 amide bonds. The summed E-state index contributed by atoms with van der Waals surface area (Å²) in [6, 6.07) is 17.9. The van der Waals surface area contributed by atoms with E-state index in [1.54, 1.807) is 54.6 Å². The predicted octanol–water partition coefficient (Wildman–Crippen LogP) is 4.60. The normalized spacial score (nSPS) is 12.6. The van der Waals surface area contributed by atoms with Crippen molar-refractivity contribution in [2.45, 2.75) is 6.92 Å². The highest BCUT2D eigenvalue weighted by molar-refractivity contribution is 9.10. The maximum absolute atomic E-state index is 12.9. The first-order chi connectivity index (χ1) is 14.9. The number of carbonyl (C=O) groups excluding carboxylic acids is 4. The summed E-state index contributed by atoms with van der Waals surface area (Å²) in [5, 5.41) is 0. The second kappa shape index (κ2) is 8.28. The first kappa shape index (κ1) is 20.7. The summed E-state index contributed by atoms with van der Waals surface area (Å²) in [5.74, 6) is -2.20. The lowest BCUT2D eigenvalue weighted by molar-refractivity contribution is 0.0475. The summed E-state index contributed by atoms with van der Waals surface area (Å²) in [6.07, 6.45) is 0. The molecule has 7 heteroatoms. The zero-order chi connectivity index (χ0) is 22.1. The Labute approximate surface area is 186 Å². The third-order valence-corrected chi connectivity index (χ3v) is 5.41. The molecule has 4 rings (SSSR count). The van der Waals surface area contributed by atoms with Gasteiger partial charge in [0, 0.05) is 10.0 Å². The minimum Gasteiger partial charge on any atom is -0.454 e. The largest absolute Gasteiger partial charge is 0.454 e. The molecule has 3 aromatic rings. The van der Waals surface area contributed by atoms with Crippen molar-refractivity contribution in [3.8, 4) is 0 Å². The second-order valence-corrected chi connectivity index (χ2v) is 7.93. The number of ketones is 1. The average molecular weight is 478 g/mol. The maximum atomic E-state index is 12.9. The van der Waals surface area contributed by atoms with Crippen LogP contribution in [0.1, 0.15) is 47.0 Å². The van der Waals surface area contributed by atoms with E-state index in [2.05, 4.69) is 15.9 Å². The summed E-state index contributed by atoms with van der Waals surface area (Å²) in [6.45, 7) is 1.45. The number of nitrogens with zero attached hydrogens (tertiary/aromatic N) is 1. The van der Waals surface area contributed by atoms with E-state index in [1.165, 1.54) is 12.1 Å². The SMILES string of the molecule is Cc1ccc(C(=O)COC(=O)c2ccccc2N2C(=O)c3ccc(Br)cc3C2=O)cc1. The molecule has 0 atom stereocenters. The fourth-order valence-electron chi connectivity index (χ4n) is 3.30. The van der Waals surface area contributed by atoms with Crippen LogP contribution in [-0.2, 0) is 4.74 Å². The molecule has 0 unspecified atom stereocenters. The molecule has 0 radical (unpaired) electrons. The number of carbonyl (C=O) groups is 4. The minimum absolute atomic E-state index is 0.0211. The van der Waals surface area contributed by atoms with Gasteiger partial charge in [0.2, 0.25) is 0 Å². The van der Waals surface area contributed by atoms with Gasteiger partial charge >= 0.3 is 5.97 Å². The molecule has 154 valence electrons. The number of esters is 1. The number of aryl methyl sites for hydroxylation is 1. The number of rotatable bonds is 5. The molecular formula is C24H16BrNO5. The van der Waals surface area contributed by atoms with Crippen LogP contribution in [0.3, 0.4) is 0 Å². The Bertz CT molecular complexity index is 1230. The molecular weight excluding hydrogens is 462 g/mol. The van der Waals surface area contributed by atoms with Gasteiger partial charge in [-0.05, 0) is 37.3 Å². The Morgan fingerprint density at radius 3 is 2.32 bits per heavy atom. The van der Waals surface area contributed by atoms with Crippen LogP contribution in [0.25, 0.3) is 0 Å². The Kier molecular flexibility index (Phi) is 5.52. The van der Waals surface area contributed by atoms with Gasteiger partial charge in [0.1, 0.15) is 0 Å². The van der Waals surface area contributed by atoms with Gasteiger partial charge in [-0.25, -0.2) is 9.69 Å². The van der Waals surface area contributed by atoms with E-state index in [0.29, 0.717) is 10.0 Å². The number of amides is 2. The Balaban J connectivity index is 1.57. The monoisotopic (exact) mass is 477 g/mol. The highest BCUT2D eigenvalue weighted by Gasteiger charge is 2.38. The second-order valence-electron chi connectivity index (χ2n) is 7.02. The van der Waals surface area contributed by atoms with Crippen LogP contribution in [0, 0.1) is 6.92 Å². The molecule has 3 aromatic carbocycles. The Morgan fingerprint density at radius 2 is 1.58 bits per heavy atom. The number of hydrogen-bond donors (Lipinski definition) is 0. The van der Waals surface area contributed by atoms with Crippen LogP contribution in [0.15, 0.2) is 71.2 Å². The number of benzene rings is 3. The van der Waals surface area contributed by atoms with Crippen molar-refractivity contribution < 1.29 is 23.9 Å². The van der Waals surface area contributed by atoms with Crippen LogP contribution in [0.5, 0.6) is 0 Å². The van der Waals surface area contributed by atoms with Crippen LogP contribution in [0.2, 0.25) is 0 Å². The molecule has 0 N–H and O–H groups in total. The van der Waals surface area contributed by atoms with E-state index in [4.69, 9.17) is 4.74 Å². The van der Waals surface area contributed by atoms with Crippen molar-refractivity contribution in [2.24, 2.45) is 0 Å². The summed E-state index contributed by atoms with van der Waals surface area (Å²) < 4.78 is 5.86. The number of hydrogen-bond acceptors (Lipinski definition) is 5. The molecule has 0 fully saturated rings. The fourth-order valence-corrected chi connectivity index (χ4v) is 3.67. The van der Waals surface area contributed by atoms with Gasteiger partial charge in [0.25, 0.3) is 11.8 Å². The lowest BCUT2D eigenvalue weighted by Gasteiger charge is -2.17. The number of imide groups is 1. The minimum atomic E-state index is -0.797. The smallest absolute Gasteiger partial charge is 0.340 e. The summed E-state index contributed by atoms with van der Waals surface area (Å²) in [7, 11) is 0. The fraction of sp³-hybridized carbons (Fsp3) is 0.0833. The molecule has 1 aliphatic rings. The van der Waals surface area contributed by atoms with Gasteiger partial charge in [-0.1, -0.05) is 57.9 Å². The van der Waals surface area contributed by atoms with Crippen LogP contribution < -0.4 is 4.90 Å². The number of para-hydroxylation sites is 1. The number of halogens is 1. The average Bonchev–Trinajstić information content (AvgIpc) is 3.01. The van der Waals surface area contributed by atoms with Gasteiger partial charge in [0.15, 0.2) is 12.4 Å². The quantitative estimate of drug-likeness (QED) is 0.304. The molecule has 1 aliphatic heterocycles. The van der Waals surface area contributed by atoms with Gasteiger partial charge in [0.05, 0.1) is 22.4 Å². The van der Waals surface area contributed by atoms with Crippen molar-refractivity contribution in [1.29, 1.82) is 0 Å². The molecule has 0 aliphatic carbocycles. The van der Waals surface area contributed by atoms with Crippen molar-refractivity contribution >= 4 is 45.2 Å². The molecule has 0 aromatic heterocycles. The third-order valence-electron chi connectivity index (χ3n) is 4.92. The van der Waals surface area contributed by atoms with Crippen molar-refractivity contribution in [2.75, 3.05) is 11.5 Å². The standard InChI is InChI=1S/C24H16BrNO5/c1-14-6-8-15(9-7-14)21(27)13-31-24(30)18-4-2-3-5-20(18)26-22(28)17-11-10-16(25)12-19(17)23(26)29/h2-12H,13H2,1H3.